The van der Waals surface area contributed by atoms with Gasteiger partial charge in [-0.05, 0) is 41.8 Å². The van der Waals surface area contributed by atoms with E-state index in [-0.39, 0.29) is 28.0 Å². The number of rotatable bonds is 9. The molecule has 0 atom stereocenters. The highest BCUT2D eigenvalue weighted by Gasteiger charge is 2.33. The minimum atomic E-state index is -4.25. The van der Waals surface area contributed by atoms with Gasteiger partial charge < -0.3 is 23.8 Å². The molecule has 10 heteroatoms. The Labute approximate surface area is 217 Å². The summed E-state index contributed by atoms with van der Waals surface area (Å²) in [6.45, 7) is 0.478. The molecule has 0 spiro atoms. The SMILES string of the molecule is COc1ccc(OC)c(N(CC(=O)N2CCc3ccccc3C2)S(=O)(=O)c2ccc(OC)c(OC)c2)c1. The summed E-state index contributed by atoms with van der Waals surface area (Å²) >= 11 is 0. The number of hydrogen-bond donors (Lipinski definition) is 0. The predicted molar refractivity (Wildman–Crippen MR) is 139 cm³/mol. The van der Waals surface area contributed by atoms with Gasteiger partial charge in [0.2, 0.25) is 5.91 Å². The van der Waals surface area contributed by atoms with Gasteiger partial charge in [-0.3, -0.25) is 9.10 Å². The van der Waals surface area contributed by atoms with Crippen molar-refractivity contribution < 1.29 is 32.2 Å². The van der Waals surface area contributed by atoms with Gasteiger partial charge in [0, 0.05) is 25.2 Å². The van der Waals surface area contributed by atoms with Crippen molar-refractivity contribution in [2.24, 2.45) is 0 Å². The lowest BCUT2D eigenvalue weighted by atomic mass is 10.00. The van der Waals surface area contributed by atoms with Gasteiger partial charge in [-0.25, -0.2) is 8.42 Å². The largest absolute Gasteiger partial charge is 0.497 e. The standard InChI is InChI=1S/C27H30N2O7S/c1-33-21-9-11-24(34-2)23(15-21)29(37(31,32)22-10-12-25(35-3)26(16-22)36-4)18-27(30)28-14-13-19-7-5-6-8-20(19)17-28/h5-12,15-16H,13-14,17-18H2,1-4H3. The van der Waals surface area contributed by atoms with Gasteiger partial charge in [0.1, 0.15) is 18.0 Å². The third-order valence-electron chi connectivity index (χ3n) is 6.36. The normalized spacial score (nSPS) is 12.9. The lowest BCUT2D eigenvalue weighted by molar-refractivity contribution is -0.130. The molecule has 1 heterocycles. The van der Waals surface area contributed by atoms with E-state index in [1.54, 1.807) is 17.0 Å². The van der Waals surface area contributed by atoms with Crippen molar-refractivity contribution in [3.63, 3.8) is 0 Å². The highest BCUT2D eigenvalue weighted by atomic mass is 32.2. The molecule has 0 bridgehead atoms. The molecular weight excluding hydrogens is 496 g/mol. The Morgan fingerprint density at radius 1 is 0.838 bits per heavy atom. The molecular formula is C27H30N2O7S. The maximum Gasteiger partial charge on any atom is 0.265 e. The Kier molecular flexibility index (Phi) is 7.77. The van der Waals surface area contributed by atoms with Crippen LogP contribution >= 0.6 is 0 Å². The maximum atomic E-state index is 14.0. The fraction of sp³-hybridized carbons (Fsp3) is 0.296. The molecule has 0 aromatic heterocycles. The first-order chi connectivity index (χ1) is 17.8. The number of carbonyl (C=O) groups excluding carboxylic acids is 1. The van der Waals surface area contributed by atoms with Crippen LogP contribution < -0.4 is 23.3 Å². The molecule has 0 saturated carbocycles. The molecule has 1 aliphatic heterocycles. The quantitative estimate of drug-likeness (QED) is 0.421. The molecule has 0 saturated heterocycles. The van der Waals surface area contributed by atoms with Gasteiger partial charge in [0.25, 0.3) is 10.0 Å². The molecule has 1 aliphatic rings. The summed E-state index contributed by atoms with van der Waals surface area (Å²) in [4.78, 5) is 15.2. The topological polar surface area (TPSA) is 94.6 Å². The van der Waals surface area contributed by atoms with Gasteiger partial charge >= 0.3 is 0 Å². The highest BCUT2D eigenvalue weighted by Crippen LogP contribution is 2.37. The Morgan fingerprint density at radius 2 is 1.51 bits per heavy atom. The monoisotopic (exact) mass is 526 g/mol. The Hall–Kier alpha value is -3.92. The van der Waals surface area contributed by atoms with Gasteiger partial charge in [0.05, 0.1) is 39.0 Å². The molecule has 0 fully saturated rings. The third-order valence-corrected chi connectivity index (χ3v) is 8.12. The van der Waals surface area contributed by atoms with E-state index in [4.69, 9.17) is 18.9 Å². The first-order valence-electron chi connectivity index (χ1n) is 11.6. The summed E-state index contributed by atoms with van der Waals surface area (Å²) in [6, 6.07) is 17.0. The van der Waals surface area contributed by atoms with Crippen LogP contribution in [0.4, 0.5) is 5.69 Å². The van der Waals surface area contributed by atoms with Crippen LogP contribution in [-0.4, -0.2) is 60.8 Å². The number of nitrogens with zero attached hydrogens (tertiary/aromatic N) is 2. The third kappa shape index (κ3) is 5.29. The van der Waals surface area contributed by atoms with Crippen LogP contribution in [-0.2, 0) is 27.8 Å². The molecule has 37 heavy (non-hydrogen) atoms. The van der Waals surface area contributed by atoms with E-state index >= 15 is 0 Å². The summed E-state index contributed by atoms with van der Waals surface area (Å²) in [7, 11) is 1.57. The zero-order chi connectivity index (χ0) is 26.6. The number of anilines is 1. The Bertz CT molecular complexity index is 1390. The van der Waals surface area contributed by atoms with E-state index in [9.17, 15) is 13.2 Å². The molecule has 3 aromatic rings. The van der Waals surface area contributed by atoms with E-state index in [1.165, 1.54) is 58.3 Å². The molecule has 3 aromatic carbocycles. The van der Waals surface area contributed by atoms with E-state index in [0.717, 1.165) is 9.87 Å². The average molecular weight is 527 g/mol. The van der Waals surface area contributed by atoms with Crippen molar-refractivity contribution in [2.45, 2.75) is 17.9 Å². The number of benzene rings is 3. The van der Waals surface area contributed by atoms with Crippen molar-refractivity contribution in [3.05, 3.63) is 71.8 Å². The first-order valence-corrected chi connectivity index (χ1v) is 13.1. The summed E-state index contributed by atoms with van der Waals surface area (Å²) in [5.74, 6) is 1.00. The first kappa shape index (κ1) is 26.2. The fourth-order valence-electron chi connectivity index (χ4n) is 4.33. The van der Waals surface area contributed by atoms with Gasteiger partial charge in [-0.1, -0.05) is 24.3 Å². The van der Waals surface area contributed by atoms with Crippen LogP contribution in [0.5, 0.6) is 23.0 Å². The summed E-state index contributed by atoms with van der Waals surface area (Å²) in [5, 5.41) is 0. The molecule has 4 rings (SSSR count). The summed E-state index contributed by atoms with van der Waals surface area (Å²) < 4.78 is 50.5. The number of sulfonamides is 1. The van der Waals surface area contributed by atoms with Crippen LogP contribution in [0.1, 0.15) is 11.1 Å². The highest BCUT2D eigenvalue weighted by molar-refractivity contribution is 7.92. The number of ether oxygens (including phenoxy) is 4. The molecule has 0 aliphatic carbocycles. The zero-order valence-electron chi connectivity index (χ0n) is 21.3. The summed E-state index contributed by atoms with van der Waals surface area (Å²) in [5.41, 5.74) is 2.42. The molecule has 0 N–H and O–H groups in total. The minimum Gasteiger partial charge on any atom is -0.497 e. The van der Waals surface area contributed by atoms with E-state index in [2.05, 4.69) is 0 Å². The van der Waals surface area contributed by atoms with Crippen LogP contribution in [0.2, 0.25) is 0 Å². The number of carbonyl (C=O) groups is 1. The lowest BCUT2D eigenvalue weighted by Gasteiger charge is -2.32. The van der Waals surface area contributed by atoms with E-state index < -0.39 is 16.6 Å². The van der Waals surface area contributed by atoms with Crippen molar-refractivity contribution >= 4 is 21.6 Å². The van der Waals surface area contributed by atoms with Crippen LogP contribution in [0.15, 0.2) is 65.6 Å². The minimum absolute atomic E-state index is 0.0631. The number of methoxy groups -OCH3 is 4. The molecule has 196 valence electrons. The van der Waals surface area contributed by atoms with Crippen molar-refractivity contribution in [2.75, 3.05) is 45.8 Å². The predicted octanol–water partition coefficient (Wildman–Crippen LogP) is 3.50. The maximum absolute atomic E-state index is 14.0. The van der Waals surface area contributed by atoms with Crippen molar-refractivity contribution in [1.82, 2.24) is 4.90 Å². The second-order valence-corrected chi connectivity index (χ2v) is 10.3. The Balaban J connectivity index is 1.76. The van der Waals surface area contributed by atoms with Gasteiger partial charge in [0.15, 0.2) is 11.5 Å². The Morgan fingerprint density at radius 3 is 2.19 bits per heavy atom. The lowest BCUT2D eigenvalue weighted by Crippen LogP contribution is -2.44. The van der Waals surface area contributed by atoms with Crippen molar-refractivity contribution in [1.29, 1.82) is 0 Å². The smallest absolute Gasteiger partial charge is 0.265 e. The number of hydrogen-bond acceptors (Lipinski definition) is 7. The second-order valence-electron chi connectivity index (χ2n) is 8.40. The number of fused-ring (bicyclic) bond motifs is 1. The summed E-state index contributed by atoms with van der Waals surface area (Å²) in [6.07, 6.45) is 0.701. The van der Waals surface area contributed by atoms with Gasteiger partial charge in [-0.15, -0.1) is 0 Å². The van der Waals surface area contributed by atoms with Crippen LogP contribution in [0.3, 0.4) is 0 Å². The van der Waals surface area contributed by atoms with Crippen molar-refractivity contribution in [3.8, 4) is 23.0 Å². The molecule has 9 nitrogen and oxygen atoms in total. The average Bonchev–Trinajstić information content (AvgIpc) is 2.94. The van der Waals surface area contributed by atoms with E-state index in [1.807, 2.05) is 24.3 Å². The van der Waals surface area contributed by atoms with Crippen LogP contribution in [0, 0.1) is 0 Å². The fourth-order valence-corrected chi connectivity index (χ4v) is 5.76. The molecule has 1 amide bonds. The van der Waals surface area contributed by atoms with Gasteiger partial charge in [-0.2, -0.15) is 0 Å². The number of amides is 1. The van der Waals surface area contributed by atoms with E-state index in [0.29, 0.717) is 31.0 Å². The second kappa shape index (κ2) is 11.0. The zero-order valence-corrected chi connectivity index (χ0v) is 22.1. The molecule has 0 radical (unpaired) electrons. The van der Waals surface area contributed by atoms with Crippen LogP contribution in [0.25, 0.3) is 0 Å². The molecule has 0 unspecified atom stereocenters.